The van der Waals surface area contributed by atoms with E-state index in [0.29, 0.717) is 18.8 Å². The molecule has 3 rings (SSSR count). The number of benzene rings is 2. The second kappa shape index (κ2) is 5.04. The lowest BCUT2D eigenvalue weighted by Crippen LogP contribution is -2.42. The Balaban J connectivity index is 2.14. The molecule has 0 amide bonds. The highest BCUT2D eigenvalue weighted by Gasteiger charge is 2.32. The molecule has 0 atom stereocenters. The average molecular weight is 306 g/mol. The smallest absolute Gasteiger partial charge is 0.267 e. The number of anilines is 2. The van der Waals surface area contributed by atoms with Gasteiger partial charge in [0.2, 0.25) is 0 Å². The monoisotopic (exact) mass is 306 g/mol. The molecule has 1 aliphatic heterocycles. The molecular formula is C15H15FN2O2S. The van der Waals surface area contributed by atoms with Crippen LogP contribution in [0.5, 0.6) is 0 Å². The Morgan fingerprint density at radius 2 is 1.57 bits per heavy atom. The zero-order valence-corrected chi connectivity index (χ0v) is 12.3. The van der Waals surface area contributed by atoms with Gasteiger partial charge in [-0.05, 0) is 24.3 Å². The molecule has 6 heteroatoms. The van der Waals surface area contributed by atoms with Crippen LogP contribution in [0.2, 0.25) is 0 Å². The van der Waals surface area contributed by atoms with E-state index in [0.717, 1.165) is 11.8 Å². The minimum absolute atomic E-state index is 0.288. The Morgan fingerprint density at radius 3 is 2.29 bits per heavy atom. The van der Waals surface area contributed by atoms with Crippen molar-refractivity contribution < 1.29 is 12.8 Å². The molecule has 0 bridgehead atoms. The van der Waals surface area contributed by atoms with Gasteiger partial charge < -0.3 is 4.90 Å². The fourth-order valence-electron chi connectivity index (χ4n) is 2.50. The number of hydrogen-bond acceptors (Lipinski definition) is 3. The van der Waals surface area contributed by atoms with Crippen molar-refractivity contribution in [1.29, 1.82) is 0 Å². The predicted octanol–water partition coefficient (Wildman–Crippen LogP) is 2.47. The molecule has 21 heavy (non-hydrogen) atoms. The summed E-state index contributed by atoms with van der Waals surface area (Å²) >= 11 is 0. The van der Waals surface area contributed by atoms with Crippen molar-refractivity contribution in [3.8, 4) is 0 Å². The molecule has 0 N–H and O–H groups in total. The zero-order chi connectivity index (χ0) is 15.0. The zero-order valence-electron chi connectivity index (χ0n) is 11.5. The first-order valence-electron chi connectivity index (χ1n) is 6.59. The molecule has 0 saturated heterocycles. The topological polar surface area (TPSA) is 40.6 Å². The molecule has 0 aliphatic carbocycles. The van der Waals surface area contributed by atoms with Gasteiger partial charge >= 0.3 is 0 Å². The summed E-state index contributed by atoms with van der Waals surface area (Å²) in [6, 6.07) is 12.7. The Morgan fingerprint density at radius 1 is 0.952 bits per heavy atom. The first kappa shape index (κ1) is 13.9. The molecule has 0 unspecified atom stereocenters. The van der Waals surface area contributed by atoms with Crippen molar-refractivity contribution in [2.45, 2.75) is 4.90 Å². The number of halogens is 1. The van der Waals surface area contributed by atoms with Crippen molar-refractivity contribution in [1.82, 2.24) is 0 Å². The molecular weight excluding hydrogens is 291 g/mol. The quantitative estimate of drug-likeness (QED) is 0.856. The largest absolute Gasteiger partial charge is 0.371 e. The van der Waals surface area contributed by atoms with Crippen LogP contribution in [0.15, 0.2) is 53.4 Å². The third kappa shape index (κ3) is 2.25. The van der Waals surface area contributed by atoms with Crippen molar-refractivity contribution in [3.63, 3.8) is 0 Å². The third-order valence-corrected chi connectivity index (χ3v) is 5.45. The first-order chi connectivity index (χ1) is 10.0. The molecule has 0 saturated carbocycles. The van der Waals surface area contributed by atoms with Gasteiger partial charge in [0.05, 0.1) is 17.9 Å². The van der Waals surface area contributed by atoms with E-state index < -0.39 is 15.8 Å². The number of fused-ring (bicyclic) bond motifs is 1. The van der Waals surface area contributed by atoms with Gasteiger partial charge in [-0.1, -0.05) is 24.3 Å². The second-order valence-corrected chi connectivity index (χ2v) is 6.75. The molecule has 2 aromatic rings. The van der Waals surface area contributed by atoms with E-state index in [2.05, 4.69) is 0 Å². The summed E-state index contributed by atoms with van der Waals surface area (Å²) in [5, 5.41) is 0. The standard InChI is InChI=1S/C15H15FN2O2S/c1-17-10-11-18(14-8-4-3-7-13(14)17)21(19,20)15-9-5-2-6-12(15)16/h2-9H,10-11H2,1H3. The SMILES string of the molecule is CN1CCN(S(=O)(=O)c2ccccc2F)c2ccccc21. The van der Waals surface area contributed by atoms with Gasteiger partial charge in [-0.25, -0.2) is 12.8 Å². The van der Waals surface area contributed by atoms with Gasteiger partial charge in [-0.15, -0.1) is 0 Å². The Bertz CT molecular complexity index is 777. The van der Waals surface area contributed by atoms with Crippen LogP contribution in [0, 0.1) is 5.82 Å². The Labute approximate surface area is 123 Å². The summed E-state index contributed by atoms with van der Waals surface area (Å²) in [5.41, 5.74) is 1.40. The van der Waals surface area contributed by atoms with Gasteiger partial charge in [0.1, 0.15) is 10.7 Å². The minimum atomic E-state index is -3.90. The van der Waals surface area contributed by atoms with Gasteiger partial charge in [-0.3, -0.25) is 4.31 Å². The predicted molar refractivity (Wildman–Crippen MR) is 80.6 cm³/mol. The summed E-state index contributed by atoms with van der Waals surface area (Å²) in [6.45, 7) is 0.856. The number of sulfonamides is 1. The fourth-order valence-corrected chi connectivity index (χ4v) is 4.04. The third-order valence-electron chi connectivity index (χ3n) is 3.60. The number of para-hydroxylation sites is 2. The number of nitrogens with zero attached hydrogens (tertiary/aromatic N) is 2. The maximum Gasteiger partial charge on any atom is 0.267 e. The van der Waals surface area contributed by atoms with E-state index in [9.17, 15) is 12.8 Å². The van der Waals surface area contributed by atoms with Gasteiger partial charge in [-0.2, -0.15) is 0 Å². The lowest BCUT2D eigenvalue weighted by atomic mass is 10.2. The Kier molecular flexibility index (Phi) is 3.33. The lowest BCUT2D eigenvalue weighted by Gasteiger charge is -2.36. The minimum Gasteiger partial charge on any atom is -0.371 e. The highest BCUT2D eigenvalue weighted by atomic mass is 32.2. The number of rotatable bonds is 2. The van der Waals surface area contributed by atoms with Crippen LogP contribution in [-0.2, 0) is 10.0 Å². The molecule has 0 spiro atoms. The number of likely N-dealkylation sites (N-methyl/N-ethyl adjacent to an activating group) is 1. The summed E-state index contributed by atoms with van der Waals surface area (Å²) in [7, 11) is -1.99. The van der Waals surface area contributed by atoms with Gasteiger partial charge in [0.25, 0.3) is 10.0 Å². The van der Waals surface area contributed by atoms with Crippen LogP contribution in [0.4, 0.5) is 15.8 Å². The van der Waals surface area contributed by atoms with Crippen LogP contribution >= 0.6 is 0 Å². The van der Waals surface area contributed by atoms with Crippen LogP contribution in [0.25, 0.3) is 0 Å². The van der Waals surface area contributed by atoms with Crippen LogP contribution < -0.4 is 9.21 Å². The molecule has 1 heterocycles. The van der Waals surface area contributed by atoms with E-state index >= 15 is 0 Å². The van der Waals surface area contributed by atoms with Crippen molar-refractivity contribution in [3.05, 3.63) is 54.3 Å². The van der Waals surface area contributed by atoms with Gasteiger partial charge in [0, 0.05) is 13.6 Å². The molecule has 0 radical (unpaired) electrons. The van der Waals surface area contributed by atoms with E-state index in [4.69, 9.17) is 0 Å². The summed E-state index contributed by atoms with van der Waals surface area (Å²) < 4.78 is 40.6. The van der Waals surface area contributed by atoms with Crippen LogP contribution in [0.3, 0.4) is 0 Å². The van der Waals surface area contributed by atoms with E-state index in [1.807, 2.05) is 24.1 Å². The maximum atomic E-state index is 13.9. The molecule has 0 aromatic heterocycles. The van der Waals surface area contributed by atoms with Gasteiger partial charge in [0.15, 0.2) is 0 Å². The van der Waals surface area contributed by atoms with E-state index in [1.54, 1.807) is 12.1 Å². The molecule has 1 aliphatic rings. The summed E-state index contributed by atoms with van der Waals surface area (Å²) in [5.74, 6) is -0.728. The molecule has 0 fully saturated rings. The van der Waals surface area contributed by atoms with Crippen LogP contribution in [-0.4, -0.2) is 28.6 Å². The molecule has 110 valence electrons. The van der Waals surface area contributed by atoms with Crippen molar-refractivity contribution in [2.75, 3.05) is 29.3 Å². The first-order valence-corrected chi connectivity index (χ1v) is 8.03. The summed E-state index contributed by atoms with van der Waals surface area (Å²) in [6.07, 6.45) is 0. The summed E-state index contributed by atoms with van der Waals surface area (Å²) in [4.78, 5) is 1.70. The normalized spacial score (nSPS) is 15.0. The van der Waals surface area contributed by atoms with E-state index in [1.165, 1.54) is 22.5 Å². The Hall–Kier alpha value is -2.08. The van der Waals surface area contributed by atoms with Crippen molar-refractivity contribution in [2.24, 2.45) is 0 Å². The molecule has 4 nitrogen and oxygen atoms in total. The lowest BCUT2D eigenvalue weighted by molar-refractivity contribution is 0.562. The average Bonchev–Trinajstić information content (AvgIpc) is 2.48. The van der Waals surface area contributed by atoms with Crippen LogP contribution in [0.1, 0.15) is 0 Å². The highest BCUT2D eigenvalue weighted by molar-refractivity contribution is 7.92. The van der Waals surface area contributed by atoms with Crippen molar-refractivity contribution >= 4 is 21.4 Å². The van der Waals surface area contributed by atoms with E-state index in [-0.39, 0.29) is 4.90 Å². The fraction of sp³-hybridized carbons (Fsp3) is 0.200. The highest BCUT2D eigenvalue weighted by Crippen LogP contribution is 2.35. The number of hydrogen-bond donors (Lipinski definition) is 0. The maximum absolute atomic E-state index is 13.9. The molecule has 2 aromatic carbocycles. The second-order valence-electron chi connectivity index (χ2n) is 4.92.